The van der Waals surface area contributed by atoms with Crippen molar-refractivity contribution in [3.8, 4) is 0 Å². The number of rotatable bonds is 3. The molecule has 1 unspecified atom stereocenters. The molecule has 1 fully saturated rings. The van der Waals surface area contributed by atoms with E-state index >= 15 is 0 Å². The maximum Gasteiger partial charge on any atom is 0.410 e. The molecule has 2 aromatic rings. The summed E-state index contributed by atoms with van der Waals surface area (Å²) in [5.41, 5.74) is 1.43. The van der Waals surface area contributed by atoms with Crippen LogP contribution in [-0.4, -0.2) is 40.1 Å². The van der Waals surface area contributed by atoms with Gasteiger partial charge in [0.1, 0.15) is 17.2 Å². The summed E-state index contributed by atoms with van der Waals surface area (Å²) in [6.45, 7) is 10.0. The molecule has 2 amide bonds. The third kappa shape index (κ3) is 4.64. The third-order valence-corrected chi connectivity index (χ3v) is 4.60. The lowest BCUT2D eigenvalue weighted by atomic mass is 10.0. The molecule has 1 atom stereocenters. The molecule has 28 heavy (non-hydrogen) atoms. The van der Waals surface area contributed by atoms with Gasteiger partial charge >= 0.3 is 6.09 Å². The Morgan fingerprint density at radius 3 is 2.71 bits per heavy atom. The Labute approximate surface area is 165 Å². The smallest absolute Gasteiger partial charge is 0.410 e. The zero-order valence-corrected chi connectivity index (χ0v) is 17.2. The molecule has 1 N–H and O–H groups in total. The van der Waals surface area contributed by atoms with Crippen LogP contribution in [0.1, 0.15) is 65.7 Å². The molecule has 0 spiro atoms. The van der Waals surface area contributed by atoms with Crippen molar-refractivity contribution in [2.75, 3.05) is 11.9 Å². The van der Waals surface area contributed by atoms with Crippen molar-refractivity contribution in [1.82, 2.24) is 9.88 Å². The van der Waals surface area contributed by atoms with E-state index in [1.807, 2.05) is 34.6 Å². The number of hydrogen-bond acceptors (Lipinski definition) is 5. The van der Waals surface area contributed by atoms with E-state index < -0.39 is 17.7 Å². The minimum absolute atomic E-state index is 0.190. The van der Waals surface area contributed by atoms with E-state index in [1.165, 1.54) is 4.90 Å². The van der Waals surface area contributed by atoms with E-state index in [0.29, 0.717) is 35.6 Å². The normalized spacial score (nSPS) is 17.8. The second-order valence-electron chi connectivity index (χ2n) is 8.56. The van der Waals surface area contributed by atoms with Gasteiger partial charge < -0.3 is 14.5 Å². The molecule has 7 nitrogen and oxygen atoms in total. The van der Waals surface area contributed by atoms with E-state index in [9.17, 15) is 9.59 Å². The third-order valence-electron chi connectivity index (χ3n) is 4.60. The Morgan fingerprint density at radius 2 is 2.04 bits per heavy atom. The van der Waals surface area contributed by atoms with E-state index in [1.54, 1.807) is 18.2 Å². The van der Waals surface area contributed by atoms with Crippen LogP contribution in [0.15, 0.2) is 22.6 Å². The topological polar surface area (TPSA) is 84.7 Å². The number of ether oxygens (including phenoxy) is 1. The number of likely N-dealkylation sites (tertiary alicyclic amines) is 1. The number of amides is 2. The Balaban J connectivity index is 1.74. The maximum atomic E-state index is 12.9. The quantitative estimate of drug-likeness (QED) is 0.826. The molecule has 1 saturated heterocycles. The SMILES string of the molecule is CC(C)c1nc2cc(NC(=O)C3CCCCN3C(=O)OC(C)(C)C)ccc2o1. The van der Waals surface area contributed by atoms with Gasteiger partial charge in [0.15, 0.2) is 11.5 Å². The van der Waals surface area contributed by atoms with Crippen LogP contribution >= 0.6 is 0 Å². The molecule has 3 rings (SSSR count). The number of oxazole rings is 1. The average Bonchev–Trinajstić information content (AvgIpc) is 3.04. The van der Waals surface area contributed by atoms with Gasteiger partial charge in [0, 0.05) is 18.2 Å². The van der Waals surface area contributed by atoms with E-state index in [0.717, 1.165) is 12.8 Å². The van der Waals surface area contributed by atoms with Crippen molar-refractivity contribution in [2.45, 2.75) is 71.4 Å². The van der Waals surface area contributed by atoms with Crippen LogP contribution < -0.4 is 5.32 Å². The second-order valence-corrected chi connectivity index (χ2v) is 8.56. The maximum absolute atomic E-state index is 12.9. The minimum Gasteiger partial charge on any atom is -0.444 e. The summed E-state index contributed by atoms with van der Waals surface area (Å²) in [6.07, 6.45) is 1.94. The van der Waals surface area contributed by atoms with Gasteiger partial charge in [0.25, 0.3) is 0 Å². The number of carbonyl (C=O) groups is 2. The fraction of sp³-hybridized carbons (Fsp3) is 0.571. The first-order valence-electron chi connectivity index (χ1n) is 9.85. The molecule has 7 heteroatoms. The monoisotopic (exact) mass is 387 g/mol. The molecule has 2 heterocycles. The number of fused-ring (bicyclic) bond motifs is 1. The highest BCUT2D eigenvalue weighted by molar-refractivity contribution is 5.97. The van der Waals surface area contributed by atoms with Gasteiger partial charge in [0.2, 0.25) is 5.91 Å². The number of hydrogen-bond donors (Lipinski definition) is 1. The van der Waals surface area contributed by atoms with Gasteiger partial charge in [-0.05, 0) is 58.2 Å². The van der Waals surface area contributed by atoms with Crippen molar-refractivity contribution in [3.63, 3.8) is 0 Å². The van der Waals surface area contributed by atoms with Gasteiger partial charge in [0.05, 0.1) is 0 Å². The number of nitrogens with one attached hydrogen (secondary N) is 1. The fourth-order valence-corrected chi connectivity index (χ4v) is 3.24. The molecule has 0 radical (unpaired) electrons. The van der Waals surface area contributed by atoms with Crippen molar-refractivity contribution in [3.05, 3.63) is 24.1 Å². The molecule has 1 aromatic heterocycles. The predicted octanol–water partition coefficient (Wildman–Crippen LogP) is 4.68. The van der Waals surface area contributed by atoms with Crippen molar-refractivity contribution in [1.29, 1.82) is 0 Å². The first-order chi connectivity index (χ1) is 13.1. The standard InChI is InChI=1S/C21H29N3O4/c1-13(2)19-23-15-12-14(9-10-17(15)27-19)22-18(25)16-8-6-7-11-24(16)20(26)28-21(3,4)5/h9-10,12-13,16H,6-8,11H2,1-5H3,(H,22,25). The molecule has 0 saturated carbocycles. The Morgan fingerprint density at radius 1 is 1.29 bits per heavy atom. The van der Waals surface area contributed by atoms with Gasteiger partial charge in [-0.1, -0.05) is 13.8 Å². The fourth-order valence-electron chi connectivity index (χ4n) is 3.24. The van der Waals surface area contributed by atoms with Crippen molar-refractivity contribution < 1.29 is 18.7 Å². The van der Waals surface area contributed by atoms with Gasteiger partial charge in [-0.2, -0.15) is 0 Å². The summed E-state index contributed by atoms with van der Waals surface area (Å²) in [4.78, 5) is 31.4. The number of anilines is 1. The van der Waals surface area contributed by atoms with Crippen LogP contribution in [-0.2, 0) is 9.53 Å². The second kappa shape index (κ2) is 7.81. The lowest BCUT2D eigenvalue weighted by Crippen LogP contribution is -2.51. The summed E-state index contributed by atoms with van der Waals surface area (Å²) in [5, 5.41) is 2.92. The average molecular weight is 387 g/mol. The molecule has 1 aliphatic rings. The Kier molecular flexibility index (Phi) is 5.63. The summed E-state index contributed by atoms with van der Waals surface area (Å²) in [6, 6.07) is 4.85. The van der Waals surface area contributed by atoms with Crippen LogP contribution in [0.5, 0.6) is 0 Å². The zero-order chi connectivity index (χ0) is 20.5. The number of benzene rings is 1. The van der Waals surface area contributed by atoms with Crippen LogP contribution in [0.3, 0.4) is 0 Å². The van der Waals surface area contributed by atoms with Crippen LogP contribution in [0.25, 0.3) is 11.1 Å². The summed E-state index contributed by atoms with van der Waals surface area (Å²) < 4.78 is 11.2. The summed E-state index contributed by atoms with van der Waals surface area (Å²) in [5.74, 6) is 0.648. The summed E-state index contributed by atoms with van der Waals surface area (Å²) in [7, 11) is 0. The number of piperidine rings is 1. The van der Waals surface area contributed by atoms with Gasteiger partial charge in [-0.15, -0.1) is 0 Å². The predicted molar refractivity (Wildman–Crippen MR) is 107 cm³/mol. The van der Waals surface area contributed by atoms with Crippen molar-refractivity contribution in [2.24, 2.45) is 0 Å². The molecule has 152 valence electrons. The molecular weight excluding hydrogens is 358 g/mol. The summed E-state index contributed by atoms with van der Waals surface area (Å²) >= 11 is 0. The lowest BCUT2D eigenvalue weighted by Gasteiger charge is -2.35. The Hall–Kier alpha value is -2.57. The van der Waals surface area contributed by atoms with Crippen LogP contribution in [0.2, 0.25) is 0 Å². The molecule has 0 aliphatic carbocycles. The van der Waals surface area contributed by atoms with E-state index in [2.05, 4.69) is 10.3 Å². The van der Waals surface area contributed by atoms with Gasteiger partial charge in [-0.3, -0.25) is 9.69 Å². The van der Waals surface area contributed by atoms with Crippen LogP contribution in [0.4, 0.5) is 10.5 Å². The zero-order valence-electron chi connectivity index (χ0n) is 17.2. The number of aromatic nitrogens is 1. The van der Waals surface area contributed by atoms with Crippen LogP contribution in [0, 0.1) is 0 Å². The first kappa shape index (κ1) is 20.2. The van der Waals surface area contributed by atoms with E-state index in [-0.39, 0.29) is 11.8 Å². The molecular formula is C21H29N3O4. The minimum atomic E-state index is -0.596. The highest BCUT2D eigenvalue weighted by atomic mass is 16.6. The molecule has 1 aliphatic heterocycles. The lowest BCUT2D eigenvalue weighted by molar-refractivity contribution is -0.122. The largest absolute Gasteiger partial charge is 0.444 e. The number of carbonyl (C=O) groups excluding carboxylic acids is 2. The van der Waals surface area contributed by atoms with Gasteiger partial charge in [-0.25, -0.2) is 9.78 Å². The number of nitrogens with zero attached hydrogens (tertiary/aromatic N) is 2. The highest BCUT2D eigenvalue weighted by Crippen LogP contribution is 2.25. The van der Waals surface area contributed by atoms with Crippen molar-refractivity contribution >= 4 is 28.8 Å². The molecule has 0 bridgehead atoms. The first-order valence-corrected chi connectivity index (χ1v) is 9.85. The Bertz CT molecular complexity index is 866. The van der Waals surface area contributed by atoms with E-state index in [4.69, 9.17) is 9.15 Å². The highest BCUT2D eigenvalue weighted by Gasteiger charge is 2.34. The molecule has 1 aromatic carbocycles.